The standard InChI is InChI=1S/C22H24Cl2FN3O4S.ClH/c1-15(10-29)9-27-11-22(14-32-18-4-2-16(8-26)20(25)7-18)12-28(13-22)33(30,31)21-5-3-17(23)6-19(21)24;/h2-7,15,27,29H,9-14H2,1H3;1H. The molecule has 0 spiro atoms. The number of nitrogens with one attached hydrogen (secondary N) is 1. The molecule has 2 aromatic carbocycles. The summed E-state index contributed by atoms with van der Waals surface area (Å²) in [4.78, 5) is -0.0286. The molecule has 1 aliphatic rings. The fourth-order valence-electron chi connectivity index (χ4n) is 3.51. The molecule has 0 amide bonds. The second-order valence-corrected chi connectivity index (χ2v) is 11.1. The number of aliphatic hydroxyl groups excluding tert-OH is 1. The van der Waals surface area contributed by atoms with E-state index in [-0.39, 0.29) is 65.9 Å². The zero-order valence-corrected chi connectivity index (χ0v) is 21.4. The summed E-state index contributed by atoms with van der Waals surface area (Å²) < 4.78 is 47.2. The van der Waals surface area contributed by atoms with Gasteiger partial charge in [0.15, 0.2) is 0 Å². The van der Waals surface area contributed by atoms with Gasteiger partial charge in [0.25, 0.3) is 0 Å². The summed E-state index contributed by atoms with van der Waals surface area (Å²) in [6.45, 7) is 3.32. The quantitative estimate of drug-likeness (QED) is 0.466. The summed E-state index contributed by atoms with van der Waals surface area (Å²) in [6, 6.07) is 9.93. The van der Waals surface area contributed by atoms with E-state index in [0.29, 0.717) is 18.1 Å². The van der Waals surface area contributed by atoms with Gasteiger partial charge >= 0.3 is 0 Å². The lowest BCUT2D eigenvalue weighted by Crippen LogP contribution is -2.64. The van der Waals surface area contributed by atoms with Crippen molar-refractivity contribution in [3.05, 3.63) is 57.8 Å². The number of hydrogen-bond acceptors (Lipinski definition) is 6. The SMILES string of the molecule is CC(CO)CNCC1(COc2ccc(C#N)c(F)c2)CN(S(=O)(=O)c2ccc(Cl)cc2Cl)C1.Cl. The van der Waals surface area contributed by atoms with Crippen LogP contribution in [0.1, 0.15) is 12.5 Å². The van der Waals surface area contributed by atoms with Crippen LogP contribution in [-0.4, -0.2) is 57.2 Å². The molecule has 34 heavy (non-hydrogen) atoms. The first-order chi connectivity index (χ1) is 15.6. The van der Waals surface area contributed by atoms with E-state index in [1.165, 1.54) is 34.6 Å². The molecule has 1 aliphatic heterocycles. The van der Waals surface area contributed by atoms with Crippen LogP contribution < -0.4 is 10.1 Å². The Labute approximate surface area is 214 Å². The third kappa shape index (κ3) is 6.52. The van der Waals surface area contributed by atoms with Crippen LogP contribution in [0.4, 0.5) is 4.39 Å². The van der Waals surface area contributed by atoms with Crippen molar-refractivity contribution in [2.75, 3.05) is 39.4 Å². The highest BCUT2D eigenvalue weighted by Crippen LogP contribution is 2.37. The molecule has 2 N–H and O–H groups in total. The lowest BCUT2D eigenvalue weighted by Gasteiger charge is -2.49. The Bertz CT molecular complexity index is 1150. The molecule has 1 atom stereocenters. The number of aliphatic hydroxyl groups is 1. The largest absolute Gasteiger partial charge is 0.493 e. The van der Waals surface area contributed by atoms with Crippen molar-refractivity contribution in [3.8, 4) is 11.8 Å². The number of nitriles is 1. The van der Waals surface area contributed by atoms with Crippen LogP contribution >= 0.6 is 35.6 Å². The van der Waals surface area contributed by atoms with Gasteiger partial charge in [0.2, 0.25) is 10.0 Å². The summed E-state index contributed by atoms with van der Waals surface area (Å²) in [5, 5.41) is 21.7. The lowest BCUT2D eigenvalue weighted by atomic mass is 9.82. The van der Waals surface area contributed by atoms with Gasteiger partial charge in [-0.1, -0.05) is 30.1 Å². The van der Waals surface area contributed by atoms with Gasteiger partial charge in [0.1, 0.15) is 22.5 Å². The smallest absolute Gasteiger partial charge is 0.244 e. The first kappa shape index (κ1) is 28.6. The second-order valence-electron chi connectivity index (χ2n) is 8.31. The number of sulfonamides is 1. The van der Waals surface area contributed by atoms with Gasteiger partial charge in [-0.3, -0.25) is 0 Å². The van der Waals surface area contributed by atoms with E-state index in [9.17, 15) is 17.9 Å². The minimum absolute atomic E-state index is 0. The van der Waals surface area contributed by atoms with Crippen molar-refractivity contribution in [2.45, 2.75) is 11.8 Å². The average molecular weight is 553 g/mol. The molecule has 2 aromatic rings. The highest BCUT2D eigenvalue weighted by molar-refractivity contribution is 7.89. The van der Waals surface area contributed by atoms with Crippen LogP contribution in [0.15, 0.2) is 41.3 Å². The fraction of sp³-hybridized carbons (Fsp3) is 0.409. The number of benzene rings is 2. The zero-order chi connectivity index (χ0) is 24.2. The van der Waals surface area contributed by atoms with E-state index >= 15 is 0 Å². The van der Waals surface area contributed by atoms with Gasteiger partial charge in [-0.25, -0.2) is 12.8 Å². The van der Waals surface area contributed by atoms with Crippen molar-refractivity contribution in [3.63, 3.8) is 0 Å². The maximum absolute atomic E-state index is 13.9. The summed E-state index contributed by atoms with van der Waals surface area (Å²) in [5.41, 5.74) is -0.664. The summed E-state index contributed by atoms with van der Waals surface area (Å²) >= 11 is 12.0. The molecule has 1 heterocycles. The number of nitrogens with zero attached hydrogens (tertiary/aromatic N) is 2. The van der Waals surface area contributed by atoms with E-state index in [2.05, 4.69) is 5.32 Å². The maximum Gasteiger partial charge on any atom is 0.244 e. The van der Waals surface area contributed by atoms with Gasteiger partial charge in [0, 0.05) is 42.7 Å². The van der Waals surface area contributed by atoms with Crippen LogP contribution in [0.2, 0.25) is 10.0 Å². The predicted molar refractivity (Wildman–Crippen MR) is 131 cm³/mol. The van der Waals surface area contributed by atoms with Crippen molar-refractivity contribution in [1.29, 1.82) is 5.26 Å². The number of ether oxygens (including phenoxy) is 1. The molecular formula is C22H25Cl3FN3O4S. The number of hydrogen-bond donors (Lipinski definition) is 2. The molecule has 3 rings (SSSR count). The molecule has 1 fully saturated rings. The summed E-state index contributed by atoms with van der Waals surface area (Å²) in [6.07, 6.45) is 0. The molecule has 7 nitrogen and oxygen atoms in total. The van der Waals surface area contributed by atoms with Crippen LogP contribution in [-0.2, 0) is 10.0 Å². The Morgan fingerprint density at radius 2 is 2.00 bits per heavy atom. The Morgan fingerprint density at radius 3 is 2.59 bits per heavy atom. The highest BCUT2D eigenvalue weighted by Gasteiger charge is 2.49. The second kappa shape index (κ2) is 11.9. The average Bonchev–Trinajstić information content (AvgIpc) is 2.74. The van der Waals surface area contributed by atoms with Crippen LogP contribution in [0.3, 0.4) is 0 Å². The molecule has 1 saturated heterocycles. The molecule has 0 aliphatic carbocycles. The normalized spacial score (nSPS) is 16.1. The van der Waals surface area contributed by atoms with Gasteiger partial charge in [0.05, 0.1) is 17.2 Å². The Balaban J connectivity index is 0.00000408. The van der Waals surface area contributed by atoms with Gasteiger partial charge in [-0.15, -0.1) is 12.4 Å². The Hall–Kier alpha value is -1.64. The van der Waals surface area contributed by atoms with Crippen LogP contribution in [0.25, 0.3) is 0 Å². The highest BCUT2D eigenvalue weighted by atomic mass is 35.5. The van der Waals surface area contributed by atoms with E-state index in [1.54, 1.807) is 6.07 Å². The molecular weight excluding hydrogens is 528 g/mol. The molecule has 0 radical (unpaired) electrons. The summed E-state index contributed by atoms with van der Waals surface area (Å²) in [5.74, 6) is -0.408. The Kier molecular flexibility index (Phi) is 9.98. The van der Waals surface area contributed by atoms with Crippen LogP contribution in [0.5, 0.6) is 5.75 Å². The maximum atomic E-state index is 13.9. The predicted octanol–water partition coefficient (Wildman–Crippen LogP) is 3.71. The van der Waals surface area contributed by atoms with Crippen molar-refractivity contribution < 1.29 is 22.7 Å². The minimum atomic E-state index is -3.84. The molecule has 0 bridgehead atoms. The van der Waals surface area contributed by atoms with E-state index in [1.807, 2.05) is 6.92 Å². The number of rotatable bonds is 10. The minimum Gasteiger partial charge on any atom is -0.493 e. The monoisotopic (exact) mass is 551 g/mol. The zero-order valence-electron chi connectivity index (χ0n) is 18.3. The molecule has 1 unspecified atom stereocenters. The first-order valence-corrected chi connectivity index (χ1v) is 12.4. The lowest BCUT2D eigenvalue weighted by molar-refractivity contribution is 0.0183. The number of halogens is 4. The van der Waals surface area contributed by atoms with E-state index < -0.39 is 21.3 Å². The fourth-order valence-corrected chi connectivity index (χ4v) is 5.92. The third-order valence-corrected chi connectivity index (χ3v) is 7.96. The van der Waals surface area contributed by atoms with E-state index in [0.717, 1.165) is 6.07 Å². The topological polar surface area (TPSA) is 103 Å². The molecule has 12 heteroatoms. The van der Waals surface area contributed by atoms with Crippen molar-refractivity contribution >= 4 is 45.6 Å². The summed E-state index contributed by atoms with van der Waals surface area (Å²) in [7, 11) is -3.84. The van der Waals surface area contributed by atoms with Crippen molar-refractivity contribution in [2.24, 2.45) is 11.3 Å². The first-order valence-electron chi connectivity index (χ1n) is 10.2. The Morgan fingerprint density at radius 1 is 1.29 bits per heavy atom. The molecule has 0 aromatic heterocycles. The molecule has 0 saturated carbocycles. The van der Waals surface area contributed by atoms with Crippen molar-refractivity contribution in [1.82, 2.24) is 9.62 Å². The van der Waals surface area contributed by atoms with Gasteiger partial charge < -0.3 is 15.2 Å². The third-order valence-electron chi connectivity index (χ3n) is 5.45. The van der Waals surface area contributed by atoms with Gasteiger partial charge in [-0.2, -0.15) is 9.57 Å². The van der Waals surface area contributed by atoms with Gasteiger partial charge in [-0.05, 0) is 42.8 Å². The van der Waals surface area contributed by atoms with E-state index in [4.69, 9.17) is 33.2 Å². The molecule has 186 valence electrons. The van der Waals surface area contributed by atoms with Crippen LogP contribution in [0, 0.1) is 28.5 Å².